The first kappa shape index (κ1) is 13.7. The summed E-state index contributed by atoms with van der Waals surface area (Å²) < 4.78 is 0. The molecule has 0 saturated heterocycles. The molecule has 0 spiro atoms. The van der Waals surface area contributed by atoms with E-state index < -0.39 is 0 Å². The van der Waals surface area contributed by atoms with Crippen molar-refractivity contribution in [3.8, 4) is 0 Å². The first-order valence-corrected chi connectivity index (χ1v) is 7.78. The molecule has 3 rings (SSSR count). The average molecular weight is 293 g/mol. The van der Waals surface area contributed by atoms with Gasteiger partial charge < -0.3 is 11.1 Å². The summed E-state index contributed by atoms with van der Waals surface area (Å²) in [6, 6.07) is 5.22. The van der Waals surface area contributed by atoms with Gasteiger partial charge in [-0.15, -0.1) is 0 Å². The zero-order chi connectivity index (χ0) is 14.3. The molecular weight excluding hydrogens is 272 g/mol. The molecule has 1 amide bonds. The molecule has 2 aliphatic carbocycles. The second-order valence-electron chi connectivity index (χ2n) is 6.33. The molecule has 0 heterocycles. The minimum Gasteiger partial charge on any atom is -0.398 e. The summed E-state index contributed by atoms with van der Waals surface area (Å²) >= 11 is 5.94. The summed E-state index contributed by atoms with van der Waals surface area (Å²) in [5.74, 6) is 2.20. The number of nitrogens with one attached hydrogen (secondary N) is 1. The molecule has 108 valence electrons. The van der Waals surface area contributed by atoms with Gasteiger partial charge >= 0.3 is 0 Å². The Hall–Kier alpha value is -1.22. The van der Waals surface area contributed by atoms with Crippen LogP contribution in [0, 0.1) is 17.8 Å². The topological polar surface area (TPSA) is 55.1 Å². The molecule has 3 N–H and O–H groups in total. The van der Waals surface area contributed by atoms with Crippen LogP contribution in [0.15, 0.2) is 18.2 Å². The molecule has 1 aromatic rings. The molecule has 1 aromatic carbocycles. The number of nitrogen functional groups attached to an aromatic ring is 1. The molecule has 3 nitrogen and oxygen atoms in total. The predicted molar refractivity (Wildman–Crippen MR) is 81.7 cm³/mol. The van der Waals surface area contributed by atoms with Crippen molar-refractivity contribution in [3.05, 3.63) is 28.8 Å². The van der Waals surface area contributed by atoms with Crippen LogP contribution in [-0.4, -0.2) is 11.9 Å². The van der Waals surface area contributed by atoms with Gasteiger partial charge in [0.05, 0.1) is 5.56 Å². The number of rotatable bonds is 3. The average Bonchev–Trinajstić information content (AvgIpc) is 3.03. The summed E-state index contributed by atoms with van der Waals surface area (Å²) in [4.78, 5) is 12.3. The van der Waals surface area contributed by atoms with E-state index in [4.69, 9.17) is 17.3 Å². The Labute approximate surface area is 124 Å². The molecule has 2 aliphatic rings. The third-order valence-electron chi connectivity index (χ3n) is 5.05. The van der Waals surface area contributed by atoms with E-state index in [1.54, 1.807) is 18.2 Å². The van der Waals surface area contributed by atoms with Crippen molar-refractivity contribution >= 4 is 23.2 Å². The Balaban J connectivity index is 1.68. The van der Waals surface area contributed by atoms with Gasteiger partial charge in [-0.25, -0.2) is 0 Å². The molecule has 2 fully saturated rings. The van der Waals surface area contributed by atoms with Crippen molar-refractivity contribution in [1.82, 2.24) is 5.32 Å². The summed E-state index contributed by atoms with van der Waals surface area (Å²) in [7, 11) is 0. The highest BCUT2D eigenvalue weighted by Gasteiger charge is 2.42. The second kappa shape index (κ2) is 5.28. The molecule has 0 radical (unpaired) electrons. The second-order valence-corrected chi connectivity index (χ2v) is 6.77. The van der Waals surface area contributed by atoms with Crippen LogP contribution in [-0.2, 0) is 0 Å². The highest BCUT2D eigenvalue weighted by atomic mass is 35.5. The van der Waals surface area contributed by atoms with Gasteiger partial charge in [0.2, 0.25) is 0 Å². The number of halogens is 1. The van der Waals surface area contributed by atoms with E-state index in [1.165, 1.54) is 25.7 Å². The van der Waals surface area contributed by atoms with E-state index in [0.717, 1.165) is 11.8 Å². The summed E-state index contributed by atoms with van der Waals surface area (Å²) in [5.41, 5.74) is 6.82. The quantitative estimate of drug-likeness (QED) is 0.838. The summed E-state index contributed by atoms with van der Waals surface area (Å²) in [6.45, 7) is 2.12. The minimum atomic E-state index is -0.111. The molecule has 4 heteroatoms. The Kier molecular flexibility index (Phi) is 3.63. The van der Waals surface area contributed by atoms with Crippen LogP contribution in [0.25, 0.3) is 0 Å². The fourth-order valence-corrected chi connectivity index (χ4v) is 4.20. The van der Waals surface area contributed by atoms with Gasteiger partial charge in [0.1, 0.15) is 0 Å². The van der Waals surface area contributed by atoms with Gasteiger partial charge in [-0.1, -0.05) is 18.0 Å². The molecule has 0 aromatic heterocycles. The van der Waals surface area contributed by atoms with Crippen molar-refractivity contribution in [2.24, 2.45) is 17.8 Å². The fraction of sp³-hybridized carbons (Fsp3) is 0.562. The van der Waals surface area contributed by atoms with Crippen LogP contribution in [0.2, 0.25) is 5.02 Å². The first-order chi connectivity index (χ1) is 9.54. The zero-order valence-electron chi connectivity index (χ0n) is 11.7. The van der Waals surface area contributed by atoms with Gasteiger partial charge in [0.25, 0.3) is 5.91 Å². The Morgan fingerprint density at radius 1 is 1.40 bits per heavy atom. The lowest BCUT2D eigenvalue weighted by molar-refractivity contribution is 0.0916. The highest BCUT2D eigenvalue weighted by Crippen LogP contribution is 2.49. The van der Waals surface area contributed by atoms with E-state index in [1.807, 2.05) is 0 Å². The largest absolute Gasteiger partial charge is 0.398 e. The number of benzene rings is 1. The third kappa shape index (κ3) is 2.51. The van der Waals surface area contributed by atoms with Crippen LogP contribution >= 0.6 is 11.6 Å². The van der Waals surface area contributed by atoms with Gasteiger partial charge in [-0.05, 0) is 62.1 Å². The van der Waals surface area contributed by atoms with Crippen LogP contribution in [0.1, 0.15) is 43.0 Å². The number of amides is 1. The fourth-order valence-electron chi connectivity index (χ4n) is 4.02. The summed E-state index contributed by atoms with van der Waals surface area (Å²) in [5, 5.41) is 3.65. The smallest absolute Gasteiger partial charge is 0.253 e. The molecule has 2 saturated carbocycles. The lowest BCUT2D eigenvalue weighted by Gasteiger charge is -2.28. The zero-order valence-corrected chi connectivity index (χ0v) is 12.5. The van der Waals surface area contributed by atoms with Crippen LogP contribution < -0.4 is 11.1 Å². The van der Waals surface area contributed by atoms with Crippen molar-refractivity contribution in [2.75, 3.05) is 5.73 Å². The Bertz CT molecular complexity index is 531. The van der Waals surface area contributed by atoms with E-state index in [2.05, 4.69) is 12.2 Å². The van der Waals surface area contributed by atoms with E-state index in [0.29, 0.717) is 22.2 Å². The summed E-state index contributed by atoms with van der Waals surface area (Å²) in [6.07, 6.45) is 5.32. The number of fused-ring (bicyclic) bond motifs is 2. The lowest BCUT2D eigenvalue weighted by Crippen LogP contribution is -2.40. The van der Waals surface area contributed by atoms with Crippen molar-refractivity contribution < 1.29 is 4.79 Å². The van der Waals surface area contributed by atoms with E-state index >= 15 is 0 Å². The number of carbonyl (C=O) groups is 1. The van der Waals surface area contributed by atoms with Crippen LogP contribution in [0.4, 0.5) is 5.69 Å². The Morgan fingerprint density at radius 2 is 2.20 bits per heavy atom. The SMILES string of the molecule is CC(NC(=O)c1cc(Cl)ccc1N)C1CC2CCC1C2. The van der Waals surface area contributed by atoms with Gasteiger partial charge in [-0.2, -0.15) is 0 Å². The van der Waals surface area contributed by atoms with Gasteiger partial charge in [-0.3, -0.25) is 4.79 Å². The van der Waals surface area contributed by atoms with Crippen LogP contribution in [0.3, 0.4) is 0 Å². The highest BCUT2D eigenvalue weighted by molar-refractivity contribution is 6.31. The first-order valence-electron chi connectivity index (χ1n) is 7.40. The van der Waals surface area contributed by atoms with Crippen molar-refractivity contribution in [2.45, 2.75) is 38.6 Å². The van der Waals surface area contributed by atoms with Crippen molar-refractivity contribution in [1.29, 1.82) is 0 Å². The number of carbonyl (C=O) groups excluding carboxylic acids is 1. The standard InChI is InChI=1S/C16H21ClN2O/c1-9(13-7-10-2-3-11(13)6-10)19-16(20)14-8-12(17)4-5-15(14)18/h4-5,8-11,13H,2-3,6-7,18H2,1H3,(H,19,20). The minimum absolute atomic E-state index is 0.111. The maximum atomic E-state index is 12.3. The Morgan fingerprint density at radius 3 is 2.85 bits per heavy atom. The lowest BCUT2D eigenvalue weighted by atomic mass is 9.84. The van der Waals surface area contributed by atoms with E-state index in [-0.39, 0.29) is 11.9 Å². The molecular formula is C16H21ClN2O. The van der Waals surface area contributed by atoms with Gasteiger partial charge in [0.15, 0.2) is 0 Å². The number of hydrogen-bond donors (Lipinski definition) is 2. The molecule has 0 aliphatic heterocycles. The molecule has 20 heavy (non-hydrogen) atoms. The predicted octanol–water partition coefficient (Wildman–Crippen LogP) is 3.48. The maximum absolute atomic E-state index is 12.3. The third-order valence-corrected chi connectivity index (χ3v) is 5.29. The van der Waals surface area contributed by atoms with E-state index in [9.17, 15) is 4.79 Å². The maximum Gasteiger partial charge on any atom is 0.253 e. The molecule has 2 bridgehead atoms. The molecule has 4 atom stereocenters. The number of nitrogens with two attached hydrogens (primary N) is 1. The normalized spacial score (nSPS) is 29.4. The molecule has 4 unspecified atom stereocenters. The number of anilines is 1. The van der Waals surface area contributed by atoms with Crippen LogP contribution in [0.5, 0.6) is 0 Å². The van der Waals surface area contributed by atoms with Gasteiger partial charge in [0, 0.05) is 16.8 Å². The number of hydrogen-bond acceptors (Lipinski definition) is 2. The van der Waals surface area contributed by atoms with Crippen molar-refractivity contribution in [3.63, 3.8) is 0 Å². The monoisotopic (exact) mass is 292 g/mol.